The summed E-state index contributed by atoms with van der Waals surface area (Å²) in [6.07, 6.45) is 16.5. The molecule has 0 saturated carbocycles. The fraction of sp³-hybridized carbons (Fsp3) is 0.950. The molecule has 0 spiro atoms. The van der Waals surface area contributed by atoms with Crippen LogP contribution in [0.15, 0.2) is 0 Å². The van der Waals surface area contributed by atoms with E-state index in [1.165, 1.54) is 77.0 Å². The molecule has 0 bridgehead atoms. The predicted molar refractivity (Wildman–Crippen MR) is 98.2 cm³/mol. The zero-order chi connectivity index (χ0) is 16.6. The molecular weight excluding hydrogens is 270 g/mol. The smallest absolute Gasteiger partial charge is 0.225 e. The van der Waals surface area contributed by atoms with E-state index >= 15 is 0 Å². The lowest BCUT2D eigenvalue weighted by molar-refractivity contribution is -0.134. The maximum atomic E-state index is 11.9. The van der Waals surface area contributed by atoms with E-state index < -0.39 is 0 Å². The van der Waals surface area contributed by atoms with E-state index in [-0.39, 0.29) is 5.92 Å². The van der Waals surface area contributed by atoms with Gasteiger partial charge in [-0.25, -0.2) is 0 Å². The van der Waals surface area contributed by atoms with Crippen LogP contribution < -0.4 is 0 Å². The normalized spacial score (nSPS) is 11.1. The highest BCUT2D eigenvalue weighted by Gasteiger charge is 2.14. The molecule has 0 aliphatic rings. The number of unbranched alkanes of at least 4 members (excludes halogenated alkanes) is 11. The lowest BCUT2D eigenvalue weighted by atomic mass is 10.1. The van der Waals surface area contributed by atoms with E-state index in [0.29, 0.717) is 5.91 Å². The second-order valence-electron chi connectivity index (χ2n) is 6.96. The third-order valence-electron chi connectivity index (χ3n) is 4.47. The molecule has 0 saturated heterocycles. The molecule has 0 unspecified atom stereocenters. The van der Waals surface area contributed by atoms with Crippen molar-refractivity contribution in [3.63, 3.8) is 0 Å². The summed E-state index contributed by atoms with van der Waals surface area (Å²) < 4.78 is 0. The highest BCUT2D eigenvalue weighted by molar-refractivity contribution is 5.78. The van der Waals surface area contributed by atoms with Crippen molar-refractivity contribution in [1.82, 2.24) is 4.90 Å². The standard InChI is InChI=1S/C20H41NO/c1-5-7-8-9-10-11-12-13-14-15-16-17-18-21(6-2)20(22)19(3)4/h19H,5-18H2,1-4H3. The lowest BCUT2D eigenvalue weighted by Gasteiger charge is -2.22. The van der Waals surface area contributed by atoms with Crippen LogP contribution in [0.2, 0.25) is 0 Å². The van der Waals surface area contributed by atoms with Gasteiger partial charge in [0, 0.05) is 19.0 Å². The molecule has 0 aromatic carbocycles. The van der Waals surface area contributed by atoms with Crippen LogP contribution in [0.1, 0.15) is 105 Å². The Morgan fingerprint density at radius 1 is 0.727 bits per heavy atom. The first-order valence-electron chi connectivity index (χ1n) is 9.92. The summed E-state index contributed by atoms with van der Waals surface area (Å²) in [5.41, 5.74) is 0. The third kappa shape index (κ3) is 12.1. The molecule has 0 heterocycles. The summed E-state index contributed by atoms with van der Waals surface area (Å²) in [5, 5.41) is 0. The number of carbonyl (C=O) groups is 1. The van der Waals surface area contributed by atoms with Crippen LogP contribution in [0, 0.1) is 5.92 Å². The van der Waals surface area contributed by atoms with Crippen LogP contribution in [0.4, 0.5) is 0 Å². The molecule has 132 valence electrons. The molecule has 0 aromatic rings. The summed E-state index contributed by atoms with van der Waals surface area (Å²) in [4.78, 5) is 13.9. The number of rotatable bonds is 15. The van der Waals surface area contributed by atoms with Crippen LogP contribution in [0.3, 0.4) is 0 Å². The summed E-state index contributed by atoms with van der Waals surface area (Å²) in [5.74, 6) is 0.447. The Bertz CT molecular complexity index is 250. The average molecular weight is 312 g/mol. The van der Waals surface area contributed by atoms with Crippen molar-refractivity contribution < 1.29 is 4.79 Å². The van der Waals surface area contributed by atoms with Crippen molar-refractivity contribution >= 4 is 5.91 Å². The van der Waals surface area contributed by atoms with Crippen molar-refractivity contribution in [1.29, 1.82) is 0 Å². The van der Waals surface area contributed by atoms with Gasteiger partial charge >= 0.3 is 0 Å². The number of nitrogens with zero attached hydrogens (tertiary/aromatic N) is 1. The monoisotopic (exact) mass is 311 g/mol. The molecular formula is C20H41NO. The fourth-order valence-corrected chi connectivity index (χ4v) is 2.93. The Morgan fingerprint density at radius 2 is 1.14 bits per heavy atom. The summed E-state index contributed by atoms with van der Waals surface area (Å²) in [6, 6.07) is 0. The Morgan fingerprint density at radius 3 is 1.50 bits per heavy atom. The van der Waals surface area contributed by atoms with Crippen molar-refractivity contribution in [2.24, 2.45) is 5.92 Å². The van der Waals surface area contributed by atoms with Gasteiger partial charge in [0.2, 0.25) is 5.91 Å². The van der Waals surface area contributed by atoms with Crippen LogP contribution in [0.5, 0.6) is 0 Å². The Balaban J connectivity index is 3.34. The Kier molecular flexibility index (Phi) is 15.0. The van der Waals surface area contributed by atoms with E-state index in [1.807, 2.05) is 18.7 Å². The van der Waals surface area contributed by atoms with Crippen LogP contribution in [0.25, 0.3) is 0 Å². The lowest BCUT2D eigenvalue weighted by Crippen LogP contribution is -2.34. The molecule has 2 nitrogen and oxygen atoms in total. The highest BCUT2D eigenvalue weighted by atomic mass is 16.2. The first kappa shape index (κ1) is 21.5. The zero-order valence-corrected chi connectivity index (χ0v) is 15.8. The van der Waals surface area contributed by atoms with Crippen LogP contribution in [-0.4, -0.2) is 23.9 Å². The van der Waals surface area contributed by atoms with E-state index in [2.05, 4.69) is 13.8 Å². The van der Waals surface area contributed by atoms with Gasteiger partial charge in [-0.2, -0.15) is 0 Å². The minimum atomic E-state index is 0.136. The maximum absolute atomic E-state index is 11.9. The number of hydrogen-bond donors (Lipinski definition) is 0. The second-order valence-corrected chi connectivity index (χ2v) is 6.96. The van der Waals surface area contributed by atoms with E-state index in [1.54, 1.807) is 0 Å². The zero-order valence-electron chi connectivity index (χ0n) is 15.8. The topological polar surface area (TPSA) is 20.3 Å². The molecule has 0 atom stereocenters. The molecule has 0 fully saturated rings. The van der Waals surface area contributed by atoms with Crippen molar-refractivity contribution in [3.8, 4) is 0 Å². The number of amides is 1. The van der Waals surface area contributed by atoms with Crippen LogP contribution in [-0.2, 0) is 4.79 Å². The molecule has 0 rings (SSSR count). The molecule has 0 radical (unpaired) electrons. The molecule has 22 heavy (non-hydrogen) atoms. The molecule has 1 amide bonds. The first-order valence-corrected chi connectivity index (χ1v) is 9.92. The molecule has 0 aliphatic heterocycles. The van der Waals surface area contributed by atoms with Crippen LogP contribution >= 0.6 is 0 Å². The van der Waals surface area contributed by atoms with E-state index in [4.69, 9.17) is 0 Å². The average Bonchev–Trinajstić information content (AvgIpc) is 2.51. The van der Waals surface area contributed by atoms with Crippen molar-refractivity contribution in [2.45, 2.75) is 105 Å². The van der Waals surface area contributed by atoms with Gasteiger partial charge in [-0.1, -0.05) is 91.4 Å². The highest BCUT2D eigenvalue weighted by Crippen LogP contribution is 2.12. The van der Waals surface area contributed by atoms with Crippen molar-refractivity contribution in [2.75, 3.05) is 13.1 Å². The number of carbonyl (C=O) groups excluding carboxylic acids is 1. The van der Waals surface area contributed by atoms with Gasteiger partial charge in [-0.15, -0.1) is 0 Å². The van der Waals surface area contributed by atoms with E-state index in [0.717, 1.165) is 13.1 Å². The summed E-state index contributed by atoms with van der Waals surface area (Å²) in [7, 11) is 0. The fourth-order valence-electron chi connectivity index (χ4n) is 2.93. The molecule has 2 heteroatoms. The predicted octanol–water partition coefficient (Wildman–Crippen LogP) is 6.19. The molecule has 0 N–H and O–H groups in total. The van der Waals surface area contributed by atoms with Gasteiger partial charge in [0.05, 0.1) is 0 Å². The summed E-state index contributed by atoms with van der Waals surface area (Å²) in [6.45, 7) is 10.2. The van der Waals surface area contributed by atoms with Crippen molar-refractivity contribution in [3.05, 3.63) is 0 Å². The van der Waals surface area contributed by atoms with Gasteiger partial charge in [0.15, 0.2) is 0 Å². The Labute approximate surface area is 140 Å². The van der Waals surface area contributed by atoms with Gasteiger partial charge in [-0.05, 0) is 13.3 Å². The largest absolute Gasteiger partial charge is 0.343 e. The van der Waals surface area contributed by atoms with Gasteiger partial charge in [0.1, 0.15) is 0 Å². The number of hydrogen-bond acceptors (Lipinski definition) is 1. The Hall–Kier alpha value is -0.530. The first-order chi connectivity index (χ1) is 10.6. The quantitative estimate of drug-likeness (QED) is 0.330. The summed E-state index contributed by atoms with van der Waals surface area (Å²) >= 11 is 0. The van der Waals surface area contributed by atoms with Gasteiger partial charge in [0.25, 0.3) is 0 Å². The van der Waals surface area contributed by atoms with Gasteiger partial charge in [-0.3, -0.25) is 4.79 Å². The van der Waals surface area contributed by atoms with E-state index in [9.17, 15) is 4.79 Å². The SMILES string of the molecule is CCCCCCCCCCCCCCN(CC)C(=O)C(C)C. The second kappa shape index (κ2) is 15.4. The minimum Gasteiger partial charge on any atom is -0.343 e. The molecule has 0 aliphatic carbocycles. The molecule has 0 aromatic heterocycles. The third-order valence-corrected chi connectivity index (χ3v) is 4.47. The minimum absolute atomic E-state index is 0.136. The van der Waals surface area contributed by atoms with Gasteiger partial charge < -0.3 is 4.90 Å². The maximum Gasteiger partial charge on any atom is 0.225 e.